The molecule has 2 N–H and O–H groups in total. The van der Waals surface area contributed by atoms with E-state index in [1.807, 2.05) is 4.57 Å². The molecule has 0 radical (unpaired) electrons. The van der Waals surface area contributed by atoms with Gasteiger partial charge in [-0.1, -0.05) is 0 Å². The zero-order valence-electron chi connectivity index (χ0n) is 16.1. The van der Waals surface area contributed by atoms with Crippen LogP contribution in [-0.4, -0.2) is 45.3 Å². The SMILES string of the molecule is Cn1c(=O)n(C2CCC2)c2nc(Nc3ccc(N4CCNCC4)cc3)ncc21. The van der Waals surface area contributed by atoms with Gasteiger partial charge in [-0.15, -0.1) is 0 Å². The number of imidazole rings is 1. The van der Waals surface area contributed by atoms with E-state index < -0.39 is 0 Å². The first-order chi connectivity index (χ1) is 13.7. The summed E-state index contributed by atoms with van der Waals surface area (Å²) in [6.07, 6.45) is 4.98. The molecule has 5 rings (SSSR count). The first kappa shape index (κ1) is 17.2. The third kappa shape index (κ3) is 2.93. The van der Waals surface area contributed by atoms with Crippen molar-refractivity contribution in [3.8, 4) is 0 Å². The second-order valence-electron chi connectivity index (χ2n) is 7.61. The number of rotatable bonds is 4. The van der Waals surface area contributed by atoms with Crippen LogP contribution in [0.5, 0.6) is 0 Å². The van der Waals surface area contributed by atoms with E-state index in [1.54, 1.807) is 17.8 Å². The number of nitrogens with one attached hydrogen (secondary N) is 2. The minimum absolute atomic E-state index is 0.00785. The van der Waals surface area contributed by atoms with Crippen molar-refractivity contribution in [2.45, 2.75) is 25.3 Å². The monoisotopic (exact) mass is 379 g/mol. The molecule has 0 bridgehead atoms. The number of aryl methyl sites for hydroxylation is 1. The third-order valence-electron chi connectivity index (χ3n) is 5.88. The number of nitrogens with zero attached hydrogens (tertiary/aromatic N) is 5. The number of piperazine rings is 1. The Hall–Kier alpha value is -2.87. The largest absolute Gasteiger partial charge is 0.369 e. The highest BCUT2D eigenvalue weighted by atomic mass is 16.1. The van der Waals surface area contributed by atoms with Gasteiger partial charge >= 0.3 is 5.69 Å². The van der Waals surface area contributed by atoms with Crippen molar-refractivity contribution in [2.75, 3.05) is 36.4 Å². The molecule has 0 spiro atoms. The topological polar surface area (TPSA) is 80.0 Å². The molecule has 28 heavy (non-hydrogen) atoms. The van der Waals surface area contributed by atoms with Crippen molar-refractivity contribution < 1.29 is 0 Å². The number of hydrogen-bond acceptors (Lipinski definition) is 6. The van der Waals surface area contributed by atoms with Crippen molar-refractivity contribution in [1.82, 2.24) is 24.4 Å². The molecular weight excluding hydrogens is 354 g/mol. The quantitative estimate of drug-likeness (QED) is 0.722. The van der Waals surface area contributed by atoms with Crippen molar-refractivity contribution in [3.63, 3.8) is 0 Å². The van der Waals surface area contributed by atoms with Crippen LogP contribution in [0.1, 0.15) is 25.3 Å². The summed E-state index contributed by atoms with van der Waals surface area (Å²) >= 11 is 0. The van der Waals surface area contributed by atoms with Gasteiger partial charge in [0.1, 0.15) is 5.52 Å². The number of aromatic nitrogens is 4. The summed E-state index contributed by atoms with van der Waals surface area (Å²) in [5.74, 6) is 0.515. The number of benzene rings is 1. The lowest BCUT2D eigenvalue weighted by atomic mass is 9.93. The molecule has 0 unspecified atom stereocenters. The molecule has 3 aromatic rings. The maximum Gasteiger partial charge on any atom is 0.330 e. The van der Waals surface area contributed by atoms with Gasteiger partial charge in [0.25, 0.3) is 0 Å². The van der Waals surface area contributed by atoms with Gasteiger partial charge in [0, 0.05) is 50.6 Å². The minimum Gasteiger partial charge on any atom is -0.369 e. The fraction of sp³-hybridized carbons (Fsp3) is 0.450. The van der Waals surface area contributed by atoms with Gasteiger partial charge in [0.05, 0.1) is 6.20 Å². The zero-order valence-corrected chi connectivity index (χ0v) is 16.1. The summed E-state index contributed by atoms with van der Waals surface area (Å²) in [5, 5.41) is 6.65. The maximum atomic E-state index is 12.6. The van der Waals surface area contributed by atoms with Gasteiger partial charge in [0.15, 0.2) is 5.65 Å². The standard InChI is InChI=1S/C20H25N7O/c1-25-17-13-22-19(24-18(17)27(20(25)28)16-3-2-4-16)23-14-5-7-15(8-6-14)26-11-9-21-10-12-26/h5-8,13,16,21H,2-4,9-12H2,1H3,(H,22,23,24). The van der Waals surface area contributed by atoms with Gasteiger partial charge in [-0.2, -0.15) is 4.98 Å². The smallest absolute Gasteiger partial charge is 0.330 e. The molecule has 1 aromatic carbocycles. The van der Waals surface area contributed by atoms with E-state index in [0.717, 1.165) is 50.2 Å². The minimum atomic E-state index is -0.00785. The first-order valence-electron chi connectivity index (χ1n) is 9.97. The molecule has 0 atom stereocenters. The molecule has 3 heterocycles. The summed E-state index contributed by atoms with van der Waals surface area (Å²) in [5.41, 5.74) is 3.65. The Bertz CT molecular complexity index is 1040. The molecular formula is C20H25N7O. The zero-order chi connectivity index (χ0) is 19.1. The average molecular weight is 379 g/mol. The van der Waals surface area contributed by atoms with Gasteiger partial charge in [-0.05, 0) is 43.5 Å². The van der Waals surface area contributed by atoms with Crippen molar-refractivity contribution >= 4 is 28.5 Å². The van der Waals surface area contributed by atoms with E-state index in [9.17, 15) is 4.79 Å². The fourth-order valence-corrected chi connectivity index (χ4v) is 3.98. The van der Waals surface area contributed by atoms with Gasteiger partial charge in [-0.3, -0.25) is 9.13 Å². The van der Waals surface area contributed by atoms with E-state index in [4.69, 9.17) is 0 Å². The van der Waals surface area contributed by atoms with E-state index in [1.165, 1.54) is 12.1 Å². The van der Waals surface area contributed by atoms with E-state index in [2.05, 4.69) is 49.8 Å². The molecule has 2 fully saturated rings. The summed E-state index contributed by atoms with van der Waals surface area (Å²) in [4.78, 5) is 24.1. The summed E-state index contributed by atoms with van der Waals surface area (Å²) in [6, 6.07) is 8.61. The lowest BCUT2D eigenvalue weighted by Gasteiger charge is -2.29. The van der Waals surface area contributed by atoms with E-state index >= 15 is 0 Å². The molecule has 0 amide bonds. The summed E-state index contributed by atoms with van der Waals surface area (Å²) in [7, 11) is 1.78. The number of fused-ring (bicyclic) bond motifs is 1. The lowest BCUT2D eigenvalue weighted by Crippen LogP contribution is -2.43. The summed E-state index contributed by atoms with van der Waals surface area (Å²) in [6.45, 7) is 4.10. The Morgan fingerprint density at radius 3 is 2.57 bits per heavy atom. The fourth-order valence-electron chi connectivity index (χ4n) is 3.98. The Morgan fingerprint density at radius 2 is 1.89 bits per heavy atom. The first-order valence-corrected chi connectivity index (χ1v) is 9.97. The normalized spacial score (nSPS) is 17.7. The van der Waals surface area contributed by atoms with Crippen LogP contribution < -0.4 is 21.2 Å². The van der Waals surface area contributed by atoms with Gasteiger partial charge < -0.3 is 15.5 Å². The van der Waals surface area contributed by atoms with Crippen molar-refractivity contribution in [1.29, 1.82) is 0 Å². The highest BCUT2D eigenvalue weighted by molar-refractivity contribution is 5.73. The van der Waals surface area contributed by atoms with Crippen LogP contribution in [0.25, 0.3) is 11.2 Å². The molecule has 146 valence electrons. The summed E-state index contributed by atoms with van der Waals surface area (Å²) < 4.78 is 3.47. The van der Waals surface area contributed by atoms with Crippen LogP contribution >= 0.6 is 0 Å². The second kappa shape index (κ2) is 6.94. The molecule has 1 saturated carbocycles. The van der Waals surface area contributed by atoms with Crippen LogP contribution in [-0.2, 0) is 7.05 Å². The third-order valence-corrected chi connectivity index (χ3v) is 5.88. The Balaban J connectivity index is 1.41. The van der Waals surface area contributed by atoms with E-state index in [0.29, 0.717) is 11.6 Å². The predicted octanol–water partition coefficient (Wildman–Crippen LogP) is 2.01. The highest BCUT2D eigenvalue weighted by Gasteiger charge is 2.25. The molecule has 1 saturated heterocycles. The predicted molar refractivity (Wildman–Crippen MR) is 110 cm³/mol. The van der Waals surface area contributed by atoms with Crippen molar-refractivity contribution in [3.05, 3.63) is 40.9 Å². The molecule has 1 aliphatic heterocycles. The van der Waals surface area contributed by atoms with Crippen LogP contribution in [0, 0.1) is 0 Å². The van der Waals surface area contributed by atoms with Crippen LogP contribution in [0.4, 0.5) is 17.3 Å². The maximum absolute atomic E-state index is 12.6. The highest BCUT2D eigenvalue weighted by Crippen LogP contribution is 2.32. The van der Waals surface area contributed by atoms with E-state index in [-0.39, 0.29) is 11.7 Å². The molecule has 2 aromatic heterocycles. The van der Waals surface area contributed by atoms with Gasteiger partial charge in [0.2, 0.25) is 5.95 Å². The van der Waals surface area contributed by atoms with Crippen molar-refractivity contribution in [2.24, 2.45) is 7.05 Å². The van der Waals surface area contributed by atoms with Crippen LogP contribution in [0.15, 0.2) is 35.3 Å². The Kier molecular flexibility index (Phi) is 4.27. The molecule has 8 heteroatoms. The Labute approximate surface area is 163 Å². The number of hydrogen-bond donors (Lipinski definition) is 2. The number of anilines is 3. The second-order valence-corrected chi connectivity index (χ2v) is 7.61. The van der Waals surface area contributed by atoms with Crippen LogP contribution in [0.3, 0.4) is 0 Å². The van der Waals surface area contributed by atoms with Gasteiger partial charge in [-0.25, -0.2) is 9.78 Å². The lowest BCUT2D eigenvalue weighted by molar-refractivity contribution is 0.311. The Morgan fingerprint density at radius 1 is 1.14 bits per heavy atom. The molecule has 1 aliphatic carbocycles. The average Bonchev–Trinajstić information content (AvgIpc) is 2.93. The van der Waals surface area contributed by atoms with Crippen LogP contribution in [0.2, 0.25) is 0 Å². The molecule has 2 aliphatic rings. The molecule has 8 nitrogen and oxygen atoms in total.